The Kier molecular flexibility index (Phi) is 2.13. The quantitative estimate of drug-likeness (QED) is 0.776. The molecular formula is C13H15NO2. The molecule has 1 fully saturated rings. The van der Waals surface area contributed by atoms with Crippen LogP contribution >= 0.6 is 0 Å². The van der Waals surface area contributed by atoms with E-state index in [-0.39, 0.29) is 5.91 Å². The fourth-order valence-corrected chi connectivity index (χ4v) is 3.00. The maximum atomic E-state index is 11.4. The van der Waals surface area contributed by atoms with Crippen molar-refractivity contribution in [2.24, 2.45) is 0 Å². The molecule has 1 saturated heterocycles. The van der Waals surface area contributed by atoms with E-state index in [0.29, 0.717) is 18.4 Å². The van der Waals surface area contributed by atoms with Crippen molar-refractivity contribution in [1.82, 2.24) is 5.32 Å². The number of nitrogens with one attached hydrogen (secondary N) is 1. The highest BCUT2D eigenvalue weighted by atomic mass is 16.5. The monoisotopic (exact) mass is 217 g/mol. The van der Waals surface area contributed by atoms with Gasteiger partial charge in [0.05, 0.1) is 7.11 Å². The van der Waals surface area contributed by atoms with Crippen molar-refractivity contribution < 1.29 is 9.53 Å². The van der Waals surface area contributed by atoms with Crippen molar-refractivity contribution in [3.63, 3.8) is 0 Å². The lowest BCUT2D eigenvalue weighted by Crippen LogP contribution is -2.31. The van der Waals surface area contributed by atoms with Crippen LogP contribution in [-0.2, 0) is 11.2 Å². The largest absolute Gasteiger partial charge is 0.496 e. The summed E-state index contributed by atoms with van der Waals surface area (Å²) in [7, 11) is 1.71. The summed E-state index contributed by atoms with van der Waals surface area (Å²) in [6.45, 7) is 0. The molecule has 1 aromatic rings. The van der Waals surface area contributed by atoms with E-state index in [2.05, 4.69) is 11.4 Å². The number of amides is 1. The highest BCUT2D eigenvalue weighted by molar-refractivity contribution is 5.80. The third-order valence-electron chi connectivity index (χ3n) is 3.73. The average Bonchev–Trinajstić information content (AvgIpc) is 2.69. The number of hydrogen-bond donors (Lipinski definition) is 1. The number of fused-ring (bicyclic) bond motifs is 3. The van der Waals surface area contributed by atoms with Gasteiger partial charge in [0.25, 0.3) is 0 Å². The first-order chi connectivity index (χ1) is 7.79. The second kappa shape index (κ2) is 3.51. The zero-order valence-corrected chi connectivity index (χ0v) is 9.32. The number of carbonyl (C=O) groups excluding carboxylic acids is 1. The van der Waals surface area contributed by atoms with Gasteiger partial charge in [-0.3, -0.25) is 4.79 Å². The Morgan fingerprint density at radius 1 is 1.44 bits per heavy atom. The van der Waals surface area contributed by atoms with Crippen LogP contribution in [0, 0.1) is 0 Å². The summed E-state index contributed by atoms with van der Waals surface area (Å²) in [6, 6.07) is 6.49. The Hall–Kier alpha value is -1.51. The Bertz CT molecular complexity index is 442. The highest BCUT2D eigenvalue weighted by Crippen LogP contribution is 2.40. The molecule has 1 aliphatic heterocycles. The predicted octanol–water partition coefficient (Wildman–Crippen LogP) is 1.61. The van der Waals surface area contributed by atoms with E-state index < -0.39 is 0 Å². The first-order valence-corrected chi connectivity index (χ1v) is 5.74. The number of benzene rings is 1. The van der Waals surface area contributed by atoms with Crippen LogP contribution < -0.4 is 10.1 Å². The first-order valence-electron chi connectivity index (χ1n) is 5.74. The third-order valence-corrected chi connectivity index (χ3v) is 3.73. The van der Waals surface area contributed by atoms with Gasteiger partial charge in [-0.25, -0.2) is 0 Å². The smallest absolute Gasteiger partial charge is 0.220 e. The second-order valence-electron chi connectivity index (χ2n) is 4.55. The summed E-state index contributed by atoms with van der Waals surface area (Å²) in [6.07, 6.45) is 2.66. The van der Waals surface area contributed by atoms with Crippen molar-refractivity contribution in [3.8, 4) is 5.75 Å². The van der Waals surface area contributed by atoms with E-state index >= 15 is 0 Å². The molecular weight excluding hydrogens is 202 g/mol. The summed E-state index contributed by atoms with van der Waals surface area (Å²) in [5.41, 5.74) is 2.59. The molecule has 3 heteroatoms. The van der Waals surface area contributed by atoms with Crippen LogP contribution in [0.1, 0.15) is 29.9 Å². The number of carbonyl (C=O) groups is 1. The molecule has 1 N–H and O–H groups in total. The van der Waals surface area contributed by atoms with Crippen molar-refractivity contribution in [2.75, 3.05) is 7.11 Å². The van der Waals surface area contributed by atoms with E-state index in [1.807, 2.05) is 12.1 Å². The van der Waals surface area contributed by atoms with Gasteiger partial charge in [0.1, 0.15) is 5.75 Å². The molecule has 3 nitrogen and oxygen atoms in total. The fraction of sp³-hybridized carbons (Fsp3) is 0.462. The SMILES string of the molecule is COc1cccc2c1CC[C@@H]1NC(=O)C[C@H]21. The summed E-state index contributed by atoms with van der Waals surface area (Å²) in [5, 5.41) is 3.05. The van der Waals surface area contributed by atoms with Crippen LogP contribution in [-0.4, -0.2) is 19.1 Å². The van der Waals surface area contributed by atoms with Gasteiger partial charge in [0.15, 0.2) is 0 Å². The van der Waals surface area contributed by atoms with Crippen LogP contribution in [0.25, 0.3) is 0 Å². The van der Waals surface area contributed by atoms with Crippen molar-refractivity contribution in [3.05, 3.63) is 29.3 Å². The van der Waals surface area contributed by atoms with Crippen LogP contribution in [0.15, 0.2) is 18.2 Å². The standard InChI is InChI=1S/C13H15NO2/c1-16-12-4-2-3-8-9(12)5-6-11-10(8)7-13(15)14-11/h2-4,10-11H,5-7H2,1H3,(H,14,15)/t10-,11+/m1/s1. The zero-order chi connectivity index (χ0) is 11.1. The number of ether oxygens (including phenoxy) is 1. The van der Waals surface area contributed by atoms with Gasteiger partial charge < -0.3 is 10.1 Å². The third kappa shape index (κ3) is 1.31. The molecule has 0 spiro atoms. The maximum Gasteiger partial charge on any atom is 0.220 e. The van der Waals surface area contributed by atoms with E-state index in [4.69, 9.17) is 4.74 Å². The van der Waals surface area contributed by atoms with Gasteiger partial charge in [0.2, 0.25) is 5.91 Å². The molecule has 16 heavy (non-hydrogen) atoms. The summed E-state index contributed by atoms with van der Waals surface area (Å²) < 4.78 is 5.38. The maximum absolute atomic E-state index is 11.4. The molecule has 1 amide bonds. The molecule has 84 valence electrons. The molecule has 0 bridgehead atoms. The Morgan fingerprint density at radius 3 is 3.12 bits per heavy atom. The topological polar surface area (TPSA) is 38.3 Å². The lowest BCUT2D eigenvalue weighted by molar-refractivity contribution is -0.119. The van der Waals surface area contributed by atoms with E-state index in [1.54, 1.807) is 7.11 Å². The van der Waals surface area contributed by atoms with Crippen molar-refractivity contribution >= 4 is 5.91 Å². The lowest BCUT2D eigenvalue weighted by Gasteiger charge is -2.28. The molecule has 1 aliphatic carbocycles. The number of rotatable bonds is 1. The molecule has 1 heterocycles. The lowest BCUT2D eigenvalue weighted by atomic mass is 9.79. The van der Waals surface area contributed by atoms with Crippen LogP contribution in [0.4, 0.5) is 0 Å². The van der Waals surface area contributed by atoms with Crippen LogP contribution in [0.2, 0.25) is 0 Å². The summed E-state index contributed by atoms with van der Waals surface area (Å²) in [4.78, 5) is 11.4. The molecule has 1 aromatic carbocycles. The van der Waals surface area contributed by atoms with Gasteiger partial charge in [-0.2, -0.15) is 0 Å². The van der Waals surface area contributed by atoms with Gasteiger partial charge >= 0.3 is 0 Å². The molecule has 0 aromatic heterocycles. The normalized spacial score (nSPS) is 26.9. The summed E-state index contributed by atoms with van der Waals surface area (Å²) >= 11 is 0. The second-order valence-corrected chi connectivity index (χ2v) is 4.55. The molecule has 0 saturated carbocycles. The minimum Gasteiger partial charge on any atom is -0.496 e. The molecule has 3 rings (SSSR count). The van der Waals surface area contributed by atoms with Crippen molar-refractivity contribution in [1.29, 1.82) is 0 Å². The number of methoxy groups -OCH3 is 1. The minimum atomic E-state index is 0.186. The highest BCUT2D eigenvalue weighted by Gasteiger charge is 2.37. The van der Waals surface area contributed by atoms with Gasteiger partial charge in [0, 0.05) is 18.4 Å². The van der Waals surface area contributed by atoms with Crippen LogP contribution in [0.5, 0.6) is 5.75 Å². The minimum absolute atomic E-state index is 0.186. The zero-order valence-electron chi connectivity index (χ0n) is 9.32. The fourth-order valence-electron chi connectivity index (χ4n) is 3.00. The predicted molar refractivity (Wildman–Crippen MR) is 60.6 cm³/mol. The van der Waals surface area contributed by atoms with Crippen molar-refractivity contribution in [2.45, 2.75) is 31.2 Å². The first kappa shape index (κ1) is 9.70. The van der Waals surface area contributed by atoms with E-state index in [9.17, 15) is 4.79 Å². The average molecular weight is 217 g/mol. The Labute approximate surface area is 94.8 Å². The Balaban J connectivity index is 2.06. The molecule has 2 aliphatic rings. The van der Waals surface area contributed by atoms with Gasteiger partial charge in [-0.1, -0.05) is 12.1 Å². The Morgan fingerprint density at radius 2 is 2.31 bits per heavy atom. The molecule has 0 radical (unpaired) electrons. The molecule has 2 atom stereocenters. The van der Waals surface area contributed by atoms with Gasteiger partial charge in [-0.15, -0.1) is 0 Å². The van der Waals surface area contributed by atoms with Crippen LogP contribution in [0.3, 0.4) is 0 Å². The van der Waals surface area contributed by atoms with E-state index in [1.165, 1.54) is 11.1 Å². The van der Waals surface area contributed by atoms with Gasteiger partial charge in [-0.05, 0) is 30.0 Å². The van der Waals surface area contributed by atoms with E-state index in [0.717, 1.165) is 18.6 Å². The molecule has 0 unspecified atom stereocenters. The number of hydrogen-bond acceptors (Lipinski definition) is 2. The summed E-state index contributed by atoms with van der Waals surface area (Å²) in [5.74, 6) is 1.51.